The third-order valence-corrected chi connectivity index (χ3v) is 3.39. The van der Waals surface area contributed by atoms with Gasteiger partial charge in [-0.2, -0.15) is 0 Å². The van der Waals surface area contributed by atoms with E-state index in [0.29, 0.717) is 5.92 Å². The van der Waals surface area contributed by atoms with E-state index in [1.807, 2.05) is 13.0 Å². The Hall–Kier alpha value is -1.16. The van der Waals surface area contributed by atoms with E-state index in [1.165, 1.54) is 0 Å². The Balaban J connectivity index is 2.04. The lowest BCUT2D eigenvalue weighted by atomic mass is 10.0. The summed E-state index contributed by atoms with van der Waals surface area (Å²) in [5, 5.41) is 3.32. The van der Waals surface area contributed by atoms with Gasteiger partial charge in [0.05, 0.1) is 5.60 Å². The Kier molecular flexibility index (Phi) is 3.85. The number of aromatic nitrogens is 2. The van der Waals surface area contributed by atoms with Crippen LogP contribution in [-0.4, -0.2) is 28.7 Å². The van der Waals surface area contributed by atoms with Gasteiger partial charge in [-0.15, -0.1) is 0 Å². The van der Waals surface area contributed by atoms with Crippen molar-refractivity contribution in [1.82, 2.24) is 9.97 Å². The van der Waals surface area contributed by atoms with Crippen molar-refractivity contribution in [2.24, 2.45) is 0 Å². The summed E-state index contributed by atoms with van der Waals surface area (Å²) >= 11 is 0. The molecule has 0 radical (unpaired) electrons. The van der Waals surface area contributed by atoms with E-state index in [2.05, 4.69) is 36.1 Å². The normalized spacial score (nSPS) is 23.6. The number of hydrogen-bond acceptors (Lipinski definition) is 4. The average Bonchev–Trinajstić information content (AvgIpc) is 2.73. The van der Waals surface area contributed by atoms with Crippen LogP contribution in [0.5, 0.6) is 0 Å². The molecule has 4 nitrogen and oxygen atoms in total. The molecule has 100 valence electrons. The first-order valence-electron chi connectivity index (χ1n) is 6.72. The summed E-state index contributed by atoms with van der Waals surface area (Å²) in [5.74, 6) is 1.14. The van der Waals surface area contributed by atoms with E-state index in [9.17, 15) is 0 Å². The number of nitrogens with one attached hydrogen (secondary N) is 1. The van der Waals surface area contributed by atoms with Crippen LogP contribution in [0.25, 0.3) is 0 Å². The third-order valence-electron chi connectivity index (χ3n) is 3.39. The monoisotopic (exact) mass is 249 g/mol. The molecule has 1 atom stereocenters. The lowest BCUT2D eigenvalue weighted by Gasteiger charge is -2.23. The molecule has 0 spiro atoms. The minimum atomic E-state index is -0.0644. The lowest BCUT2D eigenvalue weighted by molar-refractivity contribution is 0.0314. The molecule has 2 rings (SSSR count). The summed E-state index contributed by atoms with van der Waals surface area (Å²) in [5.41, 5.74) is 2.03. The Bertz CT molecular complexity index is 412. The number of hydrogen-bond donors (Lipinski definition) is 1. The average molecular weight is 249 g/mol. The Morgan fingerprint density at radius 3 is 2.83 bits per heavy atom. The van der Waals surface area contributed by atoms with Crippen LogP contribution >= 0.6 is 0 Å². The summed E-state index contributed by atoms with van der Waals surface area (Å²) in [6, 6.07) is 2.05. The molecule has 0 bridgehead atoms. The molecule has 1 aromatic heterocycles. The SMILES string of the molecule is Cc1cc(C(C)C)nc(NCC2(C)CCCO2)n1. The second-order valence-corrected chi connectivity index (χ2v) is 5.67. The standard InChI is InChI=1S/C14H23N3O/c1-10(2)12-8-11(3)16-13(17-12)15-9-14(4)6-5-7-18-14/h8,10H,5-7,9H2,1-4H3,(H,15,16,17). The van der Waals surface area contributed by atoms with Crippen molar-refractivity contribution in [3.05, 3.63) is 17.5 Å². The predicted molar refractivity (Wildman–Crippen MR) is 72.9 cm³/mol. The van der Waals surface area contributed by atoms with Crippen LogP contribution in [0.3, 0.4) is 0 Å². The van der Waals surface area contributed by atoms with E-state index in [4.69, 9.17) is 4.74 Å². The lowest BCUT2D eigenvalue weighted by Crippen LogP contribution is -2.33. The Labute approximate surface area is 109 Å². The van der Waals surface area contributed by atoms with Crippen molar-refractivity contribution in [3.63, 3.8) is 0 Å². The molecule has 1 fully saturated rings. The highest BCUT2D eigenvalue weighted by Crippen LogP contribution is 2.25. The van der Waals surface area contributed by atoms with Crippen LogP contribution in [0.1, 0.15) is 50.9 Å². The molecule has 0 saturated carbocycles. The van der Waals surface area contributed by atoms with Gasteiger partial charge in [-0.05, 0) is 38.7 Å². The molecule has 1 saturated heterocycles. The van der Waals surface area contributed by atoms with Gasteiger partial charge in [0.15, 0.2) is 0 Å². The summed E-state index contributed by atoms with van der Waals surface area (Å²) in [7, 11) is 0. The first kappa shape index (κ1) is 13.3. The van der Waals surface area contributed by atoms with Crippen LogP contribution in [0.2, 0.25) is 0 Å². The highest BCUT2D eigenvalue weighted by molar-refractivity contribution is 5.29. The van der Waals surface area contributed by atoms with E-state index in [-0.39, 0.29) is 5.60 Å². The molecule has 4 heteroatoms. The van der Waals surface area contributed by atoms with Gasteiger partial charge in [0.1, 0.15) is 0 Å². The van der Waals surface area contributed by atoms with E-state index < -0.39 is 0 Å². The van der Waals surface area contributed by atoms with Gasteiger partial charge in [0.2, 0.25) is 5.95 Å². The highest BCUT2D eigenvalue weighted by atomic mass is 16.5. The fraction of sp³-hybridized carbons (Fsp3) is 0.714. The van der Waals surface area contributed by atoms with Gasteiger partial charge >= 0.3 is 0 Å². The molecular formula is C14H23N3O. The van der Waals surface area contributed by atoms with E-state index in [1.54, 1.807) is 0 Å². The number of ether oxygens (including phenoxy) is 1. The van der Waals surface area contributed by atoms with E-state index >= 15 is 0 Å². The van der Waals surface area contributed by atoms with Crippen molar-refractivity contribution < 1.29 is 4.74 Å². The second kappa shape index (κ2) is 5.22. The van der Waals surface area contributed by atoms with Crippen LogP contribution in [0.4, 0.5) is 5.95 Å². The van der Waals surface area contributed by atoms with E-state index in [0.717, 1.165) is 43.3 Å². The number of anilines is 1. The zero-order chi connectivity index (χ0) is 13.2. The zero-order valence-corrected chi connectivity index (χ0v) is 11.8. The molecule has 1 N–H and O–H groups in total. The summed E-state index contributed by atoms with van der Waals surface area (Å²) in [6.07, 6.45) is 2.24. The van der Waals surface area contributed by atoms with Gasteiger partial charge in [-0.25, -0.2) is 9.97 Å². The topological polar surface area (TPSA) is 47.0 Å². The van der Waals surface area contributed by atoms with Crippen LogP contribution < -0.4 is 5.32 Å². The molecule has 1 aliphatic rings. The maximum Gasteiger partial charge on any atom is 0.223 e. The van der Waals surface area contributed by atoms with Crippen molar-refractivity contribution in [1.29, 1.82) is 0 Å². The molecule has 18 heavy (non-hydrogen) atoms. The van der Waals surface area contributed by atoms with Crippen molar-refractivity contribution in [3.8, 4) is 0 Å². The van der Waals surface area contributed by atoms with Crippen LogP contribution in [0.15, 0.2) is 6.07 Å². The fourth-order valence-electron chi connectivity index (χ4n) is 2.21. The third kappa shape index (κ3) is 3.19. The van der Waals surface area contributed by atoms with Crippen molar-refractivity contribution in [2.45, 2.75) is 52.1 Å². The van der Waals surface area contributed by atoms with Gasteiger partial charge in [-0.1, -0.05) is 13.8 Å². The number of rotatable bonds is 4. The first-order valence-corrected chi connectivity index (χ1v) is 6.72. The second-order valence-electron chi connectivity index (χ2n) is 5.67. The fourth-order valence-corrected chi connectivity index (χ4v) is 2.21. The number of aryl methyl sites for hydroxylation is 1. The molecule has 0 amide bonds. The predicted octanol–water partition coefficient (Wildman–Crippen LogP) is 2.89. The van der Waals surface area contributed by atoms with Gasteiger partial charge in [-0.3, -0.25) is 0 Å². The Morgan fingerprint density at radius 2 is 2.22 bits per heavy atom. The van der Waals surface area contributed by atoms with Gasteiger partial charge in [0, 0.05) is 24.5 Å². The maximum atomic E-state index is 5.75. The first-order chi connectivity index (χ1) is 8.48. The molecule has 0 aromatic carbocycles. The largest absolute Gasteiger partial charge is 0.373 e. The molecule has 0 aliphatic carbocycles. The molecule has 1 unspecified atom stereocenters. The minimum Gasteiger partial charge on any atom is -0.373 e. The maximum absolute atomic E-state index is 5.75. The quantitative estimate of drug-likeness (QED) is 0.891. The molecular weight excluding hydrogens is 226 g/mol. The van der Waals surface area contributed by atoms with Crippen molar-refractivity contribution >= 4 is 5.95 Å². The summed E-state index contributed by atoms with van der Waals surface area (Å²) in [4.78, 5) is 8.98. The minimum absolute atomic E-state index is 0.0644. The van der Waals surface area contributed by atoms with Crippen molar-refractivity contribution in [2.75, 3.05) is 18.5 Å². The van der Waals surface area contributed by atoms with Gasteiger partial charge in [0.25, 0.3) is 0 Å². The van der Waals surface area contributed by atoms with Crippen LogP contribution in [-0.2, 0) is 4.74 Å². The van der Waals surface area contributed by atoms with Gasteiger partial charge < -0.3 is 10.1 Å². The number of nitrogens with zero attached hydrogens (tertiary/aromatic N) is 2. The summed E-state index contributed by atoms with van der Waals surface area (Å²) < 4.78 is 5.75. The smallest absolute Gasteiger partial charge is 0.223 e. The van der Waals surface area contributed by atoms with Crippen LogP contribution in [0, 0.1) is 6.92 Å². The molecule has 1 aromatic rings. The highest BCUT2D eigenvalue weighted by Gasteiger charge is 2.29. The zero-order valence-electron chi connectivity index (χ0n) is 11.8. The molecule has 2 heterocycles. The Morgan fingerprint density at radius 1 is 1.44 bits per heavy atom. The molecule has 1 aliphatic heterocycles. The summed E-state index contributed by atoms with van der Waals surface area (Å²) in [6.45, 7) is 10.1.